The maximum Gasteiger partial charge on any atom is 0.269 e. The van der Waals surface area contributed by atoms with Crippen LogP contribution < -0.4 is 30.4 Å². The van der Waals surface area contributed by atoms with Crippen LogP contribution in [0, 0.1) is 0 Å². The molecule has 2 rings (SSSR count). The van der Waals surface area contributed by atoms with Gasteiger partial charge in [-0.15, -0.1) is 0 Å². The second-order valence-electron chi connectivity index (χ2n) is 4.74. The fourth-order valence-electron chi connectivity index (χ4n) is 1.85. The summed E-state index contributed by atoms with van der Waals surface area (Å²) in [5.74, 6) is 0.885. The molecular formula is C14H19N3O4S. The molecular weight excluding hydrogens is 306 g/mol. The highest BCUT2D eigenvalue weighted by molar-refractivity contribution is 7.80. The molecule has 0 aromatic heterocycles. The second-order valence-corrected chi connectivity index (χ2v) is 5.15. The van der Waals surface area contributed by atoms with Gasteiger partial charge in [-0.25, -0.2) is 0 Å². The third kappa shape index (κ3) is 3.91. The van der Waals surface area contributed by atoms with E-state index < -0.39 is 0 Å². The summed E-state index contributed by atoms with van der Waals surface area (Å²) >= 11 is 5.07. The number of hydrogen-bond acceptors (Lipinski definition) is 5. The van der Waals surface area contributed by atoms with Crippen molar-refractivity contribution in [3.63, 3.8) is 0 Å². The summed E-state index contributed by atoms with van der Waals surface area (Å²) < 4.78 is 15.6. The van der Waals surface area contributed by atoms with Crippen LogP contribution in [0.3, 0.4) is 0 Å². The molecule has 0 atom stereocenters. The van der Waals surface area contributed by atoms with Gasteiger partial charge in [0.15, 0.2) is 16.6 Å². The largest absolute Gasteiger partial charge is 0.493 e. The molecule has 22 heavy (non-hydrogen) atoms. The summed E-state index contributed by atoms with van der Waals surface area (Å²) in [6.45, 7) is 0. The van der Waals surface area contributed by atoms with Gasteiger partial charge in [0.2, 0.25) is 5.75 Å². The van der Waals surface area contributed by atoms with Crippen molar-refractivity contribution in [1.82, 2.24) is 16.2 Å². The fourth-order valence-corrected chi connectivity index (χ4v) is 2.06. The smallest absolute Gasteiger partial charge is 0.269 e. The fraction of sp³-hybridized carbons (Fsp3) is 0.429. The van der Waals surface area contributed by atoms with Crippen molar-refractivity contribution in [3.05, 3.63) is 17.7 Å². The molecule has 0 unspecified atom stereocenters. The summed E-state index contributed by atoms with van der Waals surface area (Å²) in [6, 6.07) is 3.55. The highest BCUT2D eigenvalue weighted by atomic mass is 32.1. The average Bonchev–Trinajstić information content (AvgIpc) is 3.34. The maximum atomic E-state index is 12.2. The van der Waals surface area contributed by atoms with Crippen molar-refractivity contribution in [1.29, 1.82) is 0 Å². The predicted octanol–water partition coefficient (Wildman–Crippen LogP) is 0.984. The molecule has 1 amide bonds. The maximum absolute atomic E-state index is 12.2. The van der Waals surface area contributed by atoms with Crippen molar-refractivity contribution in [2.45, 2.75) is 18.9 Å². The summed E-state index contributed by atoms with van der Waals surface area (Å²) in [7, 11) is 4.49. The number of hydrogen-bond donors (Lipinski definition) is 3. The number of carbonyl (C=O) groups excluding carboxylic acids is 1. The molecule has 1 aromatic rings. The van der Waals surface area contributed by atoms with E-state index in [1.54, 1.807) is 12.1 Å². The summed E-state index contributed by atoms with van der Waals surface area (Å²) in [5, 5.41) is 3.45. The van der Waals surface area contributed by atoms with Gasteiger partial charge in [0, 0.05) is 11.6 Å². The molecule has 1 saturated carbocycles. The van der Waals surface area contributed by atoms with Crippen LogP contribution in [-0.4, -0.2) is 38.4 Å². The van der Waals surface area contributed by atoms with E-state index in [1.165, 1.54) is 21.3 Å². The van der Waals surface area contributed by atoms with Gasteiger partial charge in [-0.2, -0.15) is 0 Å². The van der Waals surface area contributed by atoms with Crippen LogP contribution in [0.1, 0.15) is 23.2 Å². The third-order valence-electron chi connectivity index (χ3n) is 3.13. The zero-order chi connectivity index (χ0) is 16.1. The number of amides is 1. The Kier molecular flexibility index (Phi) is 5.26. The Bertz CT molecular complexity index is 550. The number of benzene rings is 1. The first-order valence-electron chi connectivity index (χ1n) is 6.76. The quantitative estimate of drug-likeness (QED) is 0.550. The summed E-state index contributed by atoms with van der Waals surface area (Å²) in [5.41, 5.74) is 5.55. The number of ether oxygens (including phenoxy) is 3. The molecule has 0 spiro atoms. The normalized spacial score (nSPS) is 13.0. The Morgan fingerprint density at radius 2 is 1.68 bits per heavy atom. The Hall–Kier alpha value is -2.22. The first kappa shape index (κ1) is 16.2. The van der Waals surface area contributed by atoms with E-state index in [2.05, 4.69) is 16.2 Å². The van der Waals surface area contributed by atoms with Crippen LogP contribution in [0.5, 0.6) is 17.2 Å². The van der Waals surface area contributed by atoms with Crippen LogP contribution in [0.15, 0.2) is 12.1 Å². The lowest BCUT2D eigenvalue weighted by Crippen LogP contribution is -2.47. The Labute approximate surface area is 134 Å². The van der Waals surface area contributed by atoms with Gasteiger partial charge in [0.05, 0.1) is 21.3 Å². The predicted molar refractivity (Wildman–Crippen MR) is 85.5 cm³/mol. The average molecular weight is 325 g/mol. The Morgan fingerprint density at radius 3 is 2.14 bits per heavy atom. The van der Waals surface area contributed by atoms with Crippen molar-refractivity contribution in [3.8, 4) is 17.2 Å². The van der Waals surface area contributed by atoms with Crippen LogP contribution in [0.4, 0.5) is 0 Å². The van der Waals surface area contributed by atoms with Crippen molar-refractivity contribution >= 4 is 23.2 Å². The number of carbonyl (C=O) groups is 1. The molecule has 1 fully saturated rings. The topological polar surface area (TPSA) is 80.9 Å². The lowest BCUT2D eigenvalue weighted by Gasteiger charge is -2.15. The number of thiocarbonyl (C=S) groups is 1. The van der Waals surface area contributed by atoms with E-state index in [4.69, 9.17) is 26.4 Å². The molecule has 3 N–H and O–H groups in total. The Morgan fingerprint density at radius 1 is 1.09 bits per heavy atom. The number of methoxy groups -OCH3 is 3. The van der Waals surface area contributed by atoms with Crippen LogP contribution in [-0.2, 0) is 0 Å². The number of rotatable bonds is 5. The van der Waals surface area contributed by atoms with E-state index in [1.807, 2.05) is 0 Å². The number of nitrogens with one attached hydrogen (secondary N) is 3. The molecule has 0 heterocycles. The van der Waals surface area contributed by atoms with Gasteiger partial charge in [-0.3, -0.25) is 15.6 Å². The van der Waals surface area contributed by atoms with Crippen molar-refractivity contribution in [2.24, 2.45) is 0 Å². The zero-order valence-electron chi connectivity index (χ0n) is 12.7. The SMILES string of the molecule is COc1cc(C(=O)NNC(=S)NC2CC2)cc(OC)c1OC. The molecule has 8 heteroatoms. The highest BCUT2D eigenvalue weighted by Crippen LogP contribution is 2.38. The Balaban J connectivity index is 2.06. The first-order chi connectivity index (χ1) is 10.6. The lowest BCUT2D eigenvalue weighted by molar-refractivity contribution is 0.0943. The first-order valence-corrected chi connectivity index (χ1v) is 7.16. The molecule has 0 aliphatic heterocycles. The minimum atomic E-state index is -0.362. The third-order valence-corrected chi connectivity index (χ3v) is 3.35. The van der Waals surface area contributed by atoms with Gasteiger partial charge in [0.25, 0.3) is 5.91 Å². The summed E-state index contributed by atoms with van der Waals surface area (Å²) in [6.07, 6.45) is 2.20. The minimum Gasteiger partial charge on any atom is -0.493 e. The monoisotopic (exact) mass is 325 g/mol. The van der Waals surface area contributed by atoms with E-state index in [9.17, 15) is 4.79 Å². The van der Waals surface area contributed by atoms with Crippen LogP contribution in [0.2, 0.25) is 0 Å². The van der Waals surface area contributed by atoms with E-state index in [0.29, 0.717) is 34.0 Å². The van der Waals surface area contributed by atoms with Crippen molar-refractivity contribution in [2.75, 3.05) is 21.3 Å². The van der Waals surface area contributed by atoms with Gasteiger partial charge in [-0.1, -0.05) is 0 Å². The van der Waals surface area contributed by atoms with E-state index in [-0.39, 0.29) is 5.91 Å². The van der Waals surface area contributed by atoms with Gasteiger partial charge in [-0.05, 0) is 37.2 Å². The minimum absolute atomic E-state index is 0.358. The standard InChI is InChI=1S/C14H19N3O4S/c1-19-10-6-8(7-11(20-2)12(10)21-3)13(18)16-17-14(22)15-9-4-5-9/h6-7,9H,4-5H2,1-3H3,(H,16,18)(H2,15,17,22). The van der Waals surface area contributed by atoms with Crippen LogP contribution >= 0.6 is 12.2 Å². The van der Waals surface area contributed by atoms with Crippen molar-refractivity contribution < 1.29 is 19.0 Å². The number of hydrazine groups is 1. The zero-order valence-corrected chi connectivity index (χ0v) is 13.5. The highest BCUT2D eigenvalue weighted by Gasteiger charge is 2.22. The molecule has 7 nitrogen and oxygen atoms in total. The van der Waals surface area contributed by atoms with E-state index >= 15 is 0 Å². The molecule has 0 radical (unpaired) electrons. The molecule has 0 bridgehead atoms. The molecule has 0 saturated heterocycles. The van der Waals surface area contributed by atoms with E-state index in [0.717, 1.165) is 12.8 Å². The van der Waals surface area contributed by atoms with Crippen LogP contribution in [0.25, 0.3) is 0 Å². The van der Waals surface area contributed by atoms with Gasteiger partial charge >= 0.3 is 0 Å². The molecule has 1 aliphatic carbocycles. The second kappa shape index (κ2) is 7.17. The van der Waals surface area contributed by atoms with Gasteiger partial charge in [0.1, 0.15) is 0 Å². The van der Waals surface area contributed by atoms with Gasteiger partial charge < -0.3 is 19.5 Å². The molecule has 120 valence electrons. The summed E-state index contributed by atoms with van der Waals surface area (Å²) in [4.78, 5) is 12.2. The molecule has 1 aliphatic rings. The lowest BCUT2D eigenvalue weighted by atomic mass is 10.1. The molecule has 1 aromatic carbocycles.